The molecule has 4 amide bonds. The molecule has 4 atom stereocenters. The van der Waals surface area contributed by atoms with Gasteiger partial charge in [-0.1, -0.05) is 0 Å². The van der Waals surface area contributed by atoms with Crippen LogP contribution in [-0.2, 0) is 24.0 Å². The average molecular weight is 417 g/mol. The van der Waals surface area contributed by atoms with Crippen molar-refractivity contribution in [3.63, 3.8) is 0 Å². The van der Waals surface area contributed by atoms with Crippen molar-refractivity contribution in [1.82, 2.24) is 15.5 Å². The predicted octanol–water partition coefficient (Wildman–Crippen LogP) is -4.39. The normalized spacial score (nSPS) is 19.1. The van der Waals surface area contributed by atoms with Gasteiger partial charge in [-0.2, -0.15) is 0 Å². The van der Waals surface area contributed by atoms with Crippen molar-refractivity contribution in [2.24, 2.45) is 11.5 Å². The second kappa shape index (κ2) is 11.3. The predicted molar refractivity (Wildman–Crippen MR) is 96.8 cm³/mol. The Labute approximate surface area is 166 Å². The second-order valence-corrected chi connectivity index (χ2v) is 6.63. The molecule has 0 aromatic rings. The maximum Gasteiger partial charge on any atom is 0.326 e. The molecule has 0 aromatic heterocycles. The van der Waals surface area contributed by atoms with E-state index in [1.54, 1.807) is 0 Å². The summed E-state index contributed by atoms with van der Waals surface area (Å²) in [7, 11) is 0. The fourth-order valence-electron chi connectivity index (χ4n) is 2.86. The molecule has 1 heterocycles. The van der Waals surface area contributed by atoms with E-state index in [1.807, 2.05) is 0 Å². The third-order valence-electron chi connectivity index (χ3n) is 4.46. The zero-order valence-electron chi connectivity index (χ0n) is 15.7. The van der Waals surface area contributed by atoms with Gasteiger partial charge in [-0.05, 0) is 19.3 Å². The molecule has 0 bridgehead atoms. The first kappa shape index (κ1) is 24.3. The summed E-state index contributed by atoms with van der Waals surface area (Å²) in [5.74, 6) is -4.46. The van der Waals surface area contributed by atoms with Crippen LogP contribution in [0.25, 0.3) is 0 Å². The number of hydrogen-bond donors (Lipinski definition) is 7. The quantitative estimate of drug-likeness (QED) is 0.172. The van der Waals surface area contributed by atoms with Gasteiger partial charge in [0.25, 0.3) is 0 Å². The van der Waals surface area contributed by atoms with Gasteiger partial charge in [-0.15, -0.1) is 0 Å². The minimum Gasteiger partial charge on any atom is -0.480 e. The van der Waals surface area contributed by atoms with E-state index >= 15 is 0 Å². The van der Waals surface area contributed by atoms with Gasteiger partial charge in [-0.3, -0.25) is 19.2 Å². The van der Waals surface area contributed by atoms with E-state index in [2.05, 4.69) is 10.6 Å². The number of aliphatic hydroxyl groups is 2. The lowest BCUT2D eigenvalue weighted by Gasteiger charge is -2.28. The number of amides is 4. The van der Waals surface area contributed by atoms with Gasteiger partial charge in [-0.25, -0.2) is 4.79 Å². The number of aliphatic carboxylic acids is 1. The summed E-state index contributed by atoms with van der Waals surface area (Å²) >= 11 is 0. The van der Waals surface area contributed by atoms with E-state index in [9.17, 15) is 34.2 Å². The Kier molecular flexibility index (Phi) is 9.44. The number of nitrogens with two attached hydrogens (primary N) is 2. The minimum atomic E-state index is -1.47. The molecule has 1 fully saturated rings. The number of primary amides is 1. The van der Waals surface area contributed by atoms with Crippen LogP contribution in [0, 0.1) is 0 Å². The second-order valence-electron chi connectivity index (χ2n) is 6.63. The minimum absolute atomic E-state index is 0.171. The summed E-state index contributed by atoms with van der Waals surface area (Å²) in [6.45, 7) is -1.34. The van der Waals surface area contributed by atoms with E-state index in [0.717, 1.165) is 4.90 Å². The lowest BCUT2D eigenvalue weighted by atomic mass is 10.1. The smallest absolute Gasteiger partial charge is 0.326 e. The van der Waals surface area contributed by atoms with Crippen molar-refractivity contribution in [3.05, 3.63) is 0 Å². The number of nitrogens with one attached hydrogen (secondary N) is 2. The third kappa shape index (κ3) is 6.96. The Bertz CT molecular complexity index is 643. The Morgan fingerprint density at radius 3 is 2.17 bits per heavy atom. The molecule has 0 radical (unpaired) electrons. The Morgan fingerprint density at radius 1 is 1.03 bits per heavy atom. The summed E-state index contributed by atoms with van der Waals surface area (Å²) in [5, 5.41) is 31.9. The molecule has 1 rings (SSSR count). The van der Waals surface area contributed by atoms with E-state index in [1.165, 1.54) is 0 Å². The molecule has 9 N–H and O–H groups in total. The van der Waals surface area contributed by atoms with Gasteiger partial charge in [0.1, 0.15) is 24.2 Å². The maximum absolute atomic E-state index is 12.8. The highest BCUT2D eigenvalue weighted by molar-refractivity contribution is 5.94. The van der Waals surface area contributed by atoms with Crippen LogP contribution >= 0.6 is 0 Å². The van der Waals surface area contributed by atoms with Crippen LogP contribution in [0.3, 0.4) is 0 Å². The zero-order chi connectivity index (χ0) is 22.1. The van der Waals surface area contributed by atoms with Gasteiger partial charge in [0.2, 0.25) is 23.6 Å². The van der Waals surface area contributed by atoms with Crippen molar-refractivity contribution in [1.29, 1.82) is 0 Å². The summed E-state index contributed by atoms with van der Waals surface area (Å²) < 4.78 is 0. The van der Waals surface area contributed by atoms with Crippen molar-refractivity contribution in [3.8, 4) is 0 Å². The number of carboxylic acid groups (broad SMARTS) is 1. The Balaban J connectivity index is 2.91. The number of carbonyl (C=O) groups is 5. The molecule has 0 aromatic carbocycles. The monoisotopic (exact) mass is 417 g/mol. The topological polar surface area (TPSA) is 225 Å². The molecular weight excluding hydrogens is 390 g/mol. The molecule has 29 heavy (non-hydrogen) atoms. The Morgan fingerprint density at radius 2 is 1.66 bits per heavy atom. The van der Waals surface area contributed by atoms with Gasteiger partial charge < -0.3 is 42.3 Å². The number of aliphatic hydroxyl groups excluding tert-OH is 2. The highest BCUT2D eigenvalue weighted by Gasteiger charge is 2.38. The number of carbonyl (C=O) groups excluding carboxylic acids is 4. The van der Waals surface area contributed by atoms with Gasteiger partial charge in [0.05, 0.1) is 13.2 Å². The summed E-state index contributed by atoms with van der Waals surface area (Å²) in [6.07, 6.45) is 0.276. The lowest BCUT2D eigenvalue weighted by Crippen LogP contribution is -2.58. The van der Waals surface area contributed by atoms with Crippen LogP contribution in [0.4, 0.5) is 0 Å². The van der Waals surface area contributed by atoms with E-state index in [0.29, 0.717) is 6.42 Å². The average Bonchev–Trinajstić information content (AvgIpc) is 3.17. The third-order valence-corrected chi connectivity index (χ3v) is 4.46. The molecule has 1 saturated heterocycles. The highest BCUT2D eigenvalue weighted by Crippen LogP contribution is 2.19. The fraction of sp³-hybridized carbons (Fsp3) is 0.688. The molecule has 13 nitrogen and oxygen atoms in total. The first-order chi connectivity index (χ1) is 13.6. The van der Waals surface area contributed by atoms with Crippen LogP contribution in [0.15, 0.2) is 0 Å². The number of hydrogen-bond acceptors (Lipinski definition) is 8. The van der Waals surface area contributed by atoms with Crippen LogP contribution in [0.1, 0.15) is 25.7 Å². The number of rotatable bonds is 11. The van der Waals surface area contributed by atoms with Crippen LogP contribution in [0.2, 0.25) is 0 Å². The molecule has 1 aliphatic rings. The van der Waals surface area contributed by atoms with Gasteiger partial charge >= 0.3 is 5.97 Å². The molecule has 0 aliphatic carbocycles. The molecule has 4 unspecified atom stereocenters. The first-order valence-corrected chi connectivity index (χ1v) is 9.02. The van der Waals surface area contributed by atoms with Crippen LogP contribution < -0.4 is 22.1 Å². The zero-order valence-corrected chi connectivity index (χ0v) is 15.7. The molecule has 164 valence electrons. The molecule has 13 heteroatoms. The maximum atomic E-state index is 12.8. The Hall–Kier alpha value is -2.77. The largest absolute Gasteiger partial charge is 0.480 e. The fourth-order valence-corrected chi connectivity index (χ4v) is 2.86. The SMILES string of the molecule is NC(=O)CCC(NC(=O)C(CO)NC(=O)C(N)CO)C(=O)N1CCCC1C(=O)O. The van der Waals surface area contributed by atoms with Crippen molar-refractivity contribution in [2.75, 3.05) is 19.8 Å². The first-order valence-electron chi connectivity index (χ1n) is 9.02. The summed E-state index contributed by atoms with van der Waals surface area (Å²) in [4.78, 5) is 60.5. The van der Waals surface area contributed by atoms with Crippen LogP contribution in [-0.4, -0.2) is 93.7 Å². The standard InChI is InChI=1S/C16H27N5O8/c17-8(6-22)13(25)20-10(7-23)14(26)19-9(3-4-12(18)24)15(27)21-5-1-2-11(21)16(28)29/h8-11,22-23H,1-7,17H2,(H2,18,24)(H,19,26)(H,20,25)(H,28,29). The van der Waals surface area contributed by atoms with Crippen molar-refractivity contribution < 1.29 is 39.3 Å². The van der Waals surface area contributed by atoms with Crippen molar-refractivity contribution in [2.45, 2.75) is 49.9 Å². The molecular formula is C16H27N5O8. The van der Waals surface area contributed by atoms with E-state index in [-0.39, 0.29) is 25.8 Å². The summed E-state index contributed by atoms with van der Waals surface area (Å²) in [6, 6.07) is -5.12. The number of carboxylic acids is 1. The highest BCUT2D eigenvalue weighted by atomic mass is 16.4. The van der Waals surface area contributed by atoms with E-state index in [4.69, 9.17) is 16.6 Å². The van der Waals surface area contributed by atoms with Gasteiger partial charge in [0.15, 0.2) is 0 Å². The molecule has 0 saturated carbocycles. The molecule has 1 aliphatic heterocycles. The van der Waals surface area contributed by atoms with Crippen LogP contribution in [0.5, 0.6) is 0 Å². The van der Waals surface area contributed by atoms with Gasteiger partial charge in [0, 0.05) is 13.0 Å². The van der Waals surface area contributed by atoms with Crippen molar-refractivity contribution >= 4 is 29.6 Å². The lowest BCUT2D eigenvalue weighted by molar-refractivity contribution is -0.149. The number of nitrogens with zero attached hydrogens (tertiary/aromatic N) is 1. The summed E-state index contributed by atoms with van der Waals surface area (Å²) in [5.41, 5.74) is 10.4. The number of likely N-dealkylation sites (tertiary alicyclic amines) is 1. The molecule has 0 spiro atoms. The van der Waals surface area contributed by atoms with E-state index < -0.39 is 67.0 Å².